The van der Waals surface area contributed by atoms with Gasteiger partial charge < -0.3 is 11.1 Å². The molecule has 0 aromatic carbocycles. The molecule has 15 heavy (non-hydrogen) atoms. The summed E-state index contributed by atoms with van der Waals surface area (Å²) in [5, 5.41) is 3.41. The molecule has 1 atom stereocenters. The van der Waals surface area contributed by atoms with Crippen LogP contribution in [0, 0.1) is 6.92 Å². The number of nitrogens with zero attached hydrogens (tertiary/aromatic N) is 1. The lowest BCUT2D eigenvalue weighted by Crippen LogP contribution is -2.23. The smallest absolute Gasteiger partial charge is 0.129 e. The van der Waals surface area contributed by atoms with Crippen LogP contribution in [0.4, 0.5) is 5.82 Å². The highest BCUT2D eigenvalue weighted by atomic mass is 79.9. The van der Waals surface area contributed by atoms with Crippen molar-refractivity contribution in [2.24, 2.45) is 5.73 Å². The molecule has 0 aliphatic carbocycles. The minimum atomic E-state index is 0.419. The molecule has 0 aliphatic heterocycles. The van der Waals surface area contributed by atoms with Crippen LogP contribution in [0.2, 0.25) is 0 Å². The molecule has 0 radical (unpaired) electrons. The maximum atomic E-state index is 5.55. The number of halogens is 1. The fraction of sp³-hybridized carbons (Fsp3) is 0.545. The van der Waals surface area contributed by atoms with E-state index in [1.54, 1.807) is 0 Å². The van der Waals surface area contributed by atoms with Crippen LogP contribution < -0.4 is 11.1 Å². The Labute approximate surface area is 99.6 Å². The van der Waals surface area contributed by atoms with Crippen LogP contribution in [0.3, 0.4) is 0 Å². The molecule has 0 bridgehead atoms. The zero-order valence-electron chi connectivity index (χ0n) is 9.26. The second-order valence-electron chi connectivity index (χ2n) is 3.65. The number of aromatic nitrogens is 1. The summed E-state index contributed by atoms with van der Waals surface area (Å²) in [6.07, 6.45) is 3.85. The van der Waals surface area contributed by atoms with Crippen LogP contribution >= 0.6 is 15.9 Å². The fourth-order valence-electron chi connectivity index (χ4n) is 1.46. The van der Waals surface area contributed by atoms with E-state index < -0.39 is 0 Å². The molecule has 1 unspecified atom stereocenters. The minimum Gasteiger partial charge on any atom is -0.367 e. The van der Waals surface area contributed by atoms with Gasteiger partial charge in [-0.05, 0) is 53.9 Å². The maximum absolute atomic E-state index is 5.55. The Kier molecular flexibility index (Phi) is 5.05. The van der Waals surface area contributed by atoms with E-state index in [9.17, 15) is 0 Å². The van der Waals surface area contributed by atoms with E-state index >= 15 is 0 Å². The molecule has 84 valence electrons. The number of hydrogen-bond acceptors (Lipinski definition) is 3. The molecule has 0 fully saturated rings. The molecule has 1 rings (SSSR count). The van der Waals surface area contributed by atoms with Crippen molar-refractivity contribution in [2.45, 2.75) is 32.7 Å². The molecular formula is C11H18BrN3. The van der Waals surface area contributed by atoms with E-state index in [2.05, 4.69) is 46.1 Å². The first-order valence-electron chi connectivity index (χ1n) is 5.26. The Morgan fingerprint density at radius 2 is 2.33 bits per heavy atom. The third-order valence-electron chi connectivity index (χ3n) is 2.39. The summed E-state index contributed by atoms with van der Waals surface area (Å²) in [5.74, 6) is 0.957. The van der Waals surface area contributed by atoms with E-state index in [4.69, 9.17) is 5.73 Å². The molecule has 3 N–H and O–H groups in total. The van der Waals surface area contributed by atoms with Crippen LogP contribution in [0.15, 0.2) is 16.7 Å². The Hall–Kier alpha value is -0.610. The molecule has 0 spiro atoms. The molecule has 0 saturated carbocycles. The number of anilines is 1. The third-order valence-corrected chi connectivity index (χ3v) is 2.83. The van der Waals surface area contributed by atoms with Crippen LogP contribution in [0.1, 0.15) is 25.3 Å². The minimum absolute atomic E-state index is 0.419. The van der Waals surface area contributed by atoms with Crippen molar-refractivity contribution < 1.29 is 0 Å². The van der Waals surface area contributed by atoms with E-state index in [0.717, 1.165) is 28.7 Å². The summed E-state index contributed by atoms with van der Waals surface area (Å²) >= 11 is 3.40. The molecule has 3 nitrogen and oxygen atoms in total. The summed E-state index contributed by atoms with van der Waals surface area (Å²) in [5.41, 5.74) is 6.71. The van der Waals surface area contributed by atoms with Crippen LogP contribution in [-0.2, 0) is 0 Å². The van der Waals surface area contributed by atoms with Crippen LogP contribution in [-0.4, -0.2) is 17.6 Å². The van der Waals surface area contributed by atoms with Crippen LogP contribution in [0.25, 0.3) is 0 Å². The van der Waals surface area contributed by atoms with Gasteiger partial charge in [-0.2, -0.15) is 0 Å². The molecule has 4 heteroatoms. The van der Waals surface area contributed by atoms with E-state index in [1.165, 1.54) is 0 Å². The van der Waals surface area contributed by atoms with Gasteiger partial charge in [0, 0.05) is 16.7 Å². The van der Waals surface area contributed by atoms with Gasteiger partial charge in [0.05, 0.1) is 0 Å². The highest BCUT2D eigenvalue weighted by Crippen LogP contribution is 2.18. The number of hydrogen-bond donors (Lipinski definition) is 2. The van der Waals surface area contributed by atoms with Gasteiger partial charge in [0.25, 0.3) is 0 Å². The van der Waals surface area contributed by atoms with Crippen molar-refractivity contribution in [1.29, 1.82) is 0 Å². The standard InChI is InChI=1S/C11H18BrN3/c1-3-10(4-5-13)15-11-8(2)6-9(12)7-14-11/h6-7,10H,3-5,13H2,1-2H3,(H,14,15). The first kappa shape index (κ1) is 12.5. The lowest BCUT2D eigenvalue weighted by molar-refractivity contribution is 0.639. The Balaban J connectivity index is 2.70. The second-order valence-corrected chi connectivity index (χ2v) is 4.56. The molecule has 1 heterocycles. The lowest BCUT2D eigenvalue weighted by atomic mass is 10.1. The monoisotopic (exact) mass is 271 g/mol. The van der Waals surface area contributed by atoms with E-state index in [1.807, 2.05) is 6.20 Å². The van der Waals surface area contributed by atoms with Crippen molar-refractivity contribution in [3.63, 3.8) is 0 Å². The van der Waals surface area contributed by atoms with E-state index in [-0.39, 0.29) is 0 Å². The van der Waals surface area contributed by atoms with Crippen molar-refractivity contribution >= 4 is 21.7 Å². The Morgan fingerprint density at radius 1 is 1.60 bits per heavy atom. The largest absolute Gasteiger partial charge is 0.367 e. The maximum Gasteiger partial charge on any atom is 0.129 e. The predicted molar refractivity (Wildman–Crippen MR) is 68.0 cm³/mol. The van der Waals surface area contributed by atoms with Gasteiger partial charge in [-0.1, -0.05) is 6.92 Å². The quantitative estimate of drug-likeness (QED) is 0.866. The van der Waals surface area contributed by atoms with Gasteiger partial charge in [0.1, 0.15) is 5.82 Å². The highest BCUT2D eigenvalue weighted by molar-refractivity contribution is 9.10. The van der Waals surface area contributed by atoms with Crippen LogP contribution in [0.5, 0.6) is 0 Å². The first-order chi connectivity index (χ1) is 7.17. The van der Waals surface area contributed by atoms with Gasteiger partial charge in [-0.15, -0.1) is 0 Å². The predicted octanol–water partition coefficient (Wildman–Crippen LogP) is 2.69. The average Bonchev–Trinajstić information content (AvgIpc) is 2.21. The van der Waals surface area contributed by atoms with Gasteiger partial charge in [-0.25, -0.2) is 4.98 Å². The normalized spacial score (nSPS) is 12.5. The van der Waals surface area contributed by atoms with E-state index in [0.29, 0.717) is 12.6 Å². The third kappa shape index (κ3) is 3.80. The van der Waals surface area contributed by atoms with Crippen molar-refractivity contribution in [1.82, 2.24) is 4.98 Å². The van der Waals surface area contributed by atoms with Gasteiger partial charge >= 0.3 is 0 Å². The number of pyridine rings is 1. The molecule has 0 saturated heterocycles. The number of rotatable bonds is 5. The molecule has 1 aromatic rings. The molecule has 1 aromatic heterocycles. The number of aryl methyl sites for hydroxylation is 1. The zero-order valence-corrected chi connectivity index (χ0v) is 10.8. The SMILES string of the molecule is CCC(CCN)Nc1ncc(Br)cc1C. The van der Waals surface area contributed by atoms with Gasteiger partial charge in [0.2, 0.25) is 0 Å². The summed E-state index contributed by atoms with van der Waals surface area (Å²) in [6, 6.07) is 2.48. The average molecular weight is 272 g/mol. The summed E-state index contributed by atoms with van der Waals surface area (Å²) in [4.78, 5) is 4.35. The zero-order chi connectivity index (χ0) is 11.3. The number of nitrogens with one attached hydrogen (secondary N) is 1. The molecule has 0 aliphatic rings. The van der Waals surface area contributed by atoms with Gasteiger partial charge in [0.15, 0.2) is 0 Å². The highest BCUT2D eigenvalue weighted by Gasteiger charge is 2.07. The second kappa shape index (κ2) is 6.08. The summed E-state index contributed by atoms with van der Waals surface area (Å²) in [6.45, 7) is 4.91. The Bertz CT molecular complexity index is 315. The molecule has 0 amide bonds. The first-order valence-corrected chi connectivity index (χ1v) is 6.05. The number of nitrogens with two attached hydrogens (primary N) is 1. The molecular weight excluding hydrogens is 254 g/mol. The summed E-state index contributed by atoms with van der Waals surface area (Å²) < 4.78 is 1.01. The van der Waals surface area contributed by atoms with Gasteiger partial charge in [-0.3, -0.25) is 0 Å². The van der Waals surface area contributed by atoms with Crippen molar-refractivity contribution in [3.8, 4) is 0 Å². The summed E-state index contributed by atoms with van der Waals surface area (Å²) in [7, 11) is 0. The van der Waals surface area contributed by atoms with Crippen molar-refractivity contribution in [2.75, 3.05) is 11.9 Å². The Morgan fingerprint density at radius 3 is 2.87 bits per heavy atom. The topological polar surface area (TPSA) is 50.9 Å². The lowest BCUT2D eigenvalue weighted by Gasteiger charge is -2.18. The van der Waals surface area contributed by atoms with Crippen molar-refractivity contribution in [3.05, 3.63) is 22.3 Å². The fourth-order valence-corrected chi connectivity index (χ4v) is 1.91.